The quantitative estimate of drug-likeness (QED) is 0.858. The fourth-order valence-corrected chi connectivity index (χ4v) is 3.86. The van der Waals surface area contributed by atoms with Gasteiger partial charge in [0.15, 0.2) is 0 Å². The Morgan fingerprint density at radius 2 is 2.23 bits per heavy atom. The minimum Gasteiger partial charge on any atom is -0.496 e. The van der Waals surface area contributed by atoms with Gasteiger partial charge in [0.25, 0.3) is 0 Å². The summed E-state index contributed by atoms with van der Waals surface area (Å²) in [5.74, 6) is 1.14. The Kier molecular flexibility index (Phi) is 5.71. The van der Waals surface area contributed by atoms with Gasteiger partial charge in [0.05, 0.1) is 13.4 Å². The van der Waals surface area contributed by atoms with Gasteiger partial charge in [0, 0.05) is 29.7 Å². The molecule has 1 N–H and O–H groups in total. The maximum Gasteiger partial charge on any atom is 0.211 e. The van der Waals surface area contributed by atoms with Crippen molar-refractivity contribution in [2.75, 3.05) is 33.0 Å². The lowest BCUT2D eigenvalue weighted by Gasteiger charge is -2.20. The van der Waals surface area contributed by atoms with Gasteiger partial charge >= 0.3 is 0 Å². The van der Waals surface area contributed by atoms with E-state index >= 15 is 0 Å². The molecule has 1 aromatic carbocycles. The van der Waals surface area contributed by atoms with Crippen LogP contribution in [0.4, 0.5) is 0 Å². The maximum absolute atomic E-state index is 11.5. The van der Waals surface area contributed by atoms with Crippen LogP contribution < -0.4 is 10.1 Å². The number of methoxy groups -OCH3 is 1. The molecule has 0 amide bonds. The number of hydrogen-bond donors (Lipinski definition) is 1. The van der Waals surface area contributed by atoms with E-state index in [1.807, 2.05) is 12.1 Å². The summed E-state index contributed by atoms with van der Waals surface area (Å²) in [5, 5.41) is 4.13. The number of benzene rings is 1. The molecule has 1 heterocycles. The van der Waals surface area contributed by atoms with Crippen LogP contribution in [0, 0.1) is 5.92 Å². The lowest BCUT2D eigenvalue weighted by Crippen LogP contribution is -2.31. The smallest absolute Gasteiger partial charge is 0.211 e. The maximum atomic E-state index is 11.5. The number of halogens is 1. The van der Waals surface area contributed by atoms with E-state index in [9.17, 15) is 8.42 Å². The topological polar surface area (TPSA) is 58.6 Å². The Balaban J connectivity index is 1.94. The Bertz CT molecular complexity index is 621. The highest BCUT2D eigenvalue weighted by Gasteiger charge is 2.28. The van der Waals surface area contributed by atoms with Crippen LogP contribution in [-0.2, 0) is 10.0 Å². The molecule has 2 atom stereocenters. The highest BCUT2D eigenvalue weighted by atomic mass is 35.5. The van der Waals surface area contributed by atoms with Gasteiger partial charge < -0.3 is 10.1 Å². The monoisotopic (exact) mass is 346 g/mol. The first-order valence-electron chi connectivity index (χ1n) is 7.33. The first kappa shape index (κ1) is 17.5. The van der Waals surface area contributed by atoms with E-state index < -0.39 is 10.0 Å². The first-order valence-corrected chi connectivity index (χ1v) is 9.56. The van der Waals surface area contributed by atoms with Crippen molar-refractivity contribution in [3.8, 4) is 5.75 Å². The zero-order chi connectivity index (χ0) is 16.3. The third-order valence-corrected chi connectivity index (χ3v) is 5.59. The number of sulfonamides is 1. The summed E-state index contributed by atoms with van der Waals surface area (Å²) < 4.78 is 30.0. The van der Waals surface area contributed by atoms with Crippen LogP contribution >= 0.6 is 11.6 Å². The summed E-state index contributed by atoms with van der Waals surface area (Å²) in [6, 6.07) is 5.64. The van der Waals surface area contributed by atoms with Gasteiger partial charge in [-0.05, 0) is 44.0 Å². The molecule has 1 fully saturated rings. The Morgan fingerprint density at radius 1 is 1.50 bits per heavy atom. The van der Waals surface area contributed by atoms with Crippen molar-refractivity contribution in [1.82, 2.24) is 9.62 Å². The molecule has 0 spiro atoms. The Hall–Kier alpha value is -0.820. The van der Waals surface area contributed by atoms with Crippen molar-refractivity contribution < 1.29 is 13.2 Å². The molecule has 5 nitrogen and oxygen atoms in total. The molecular weight excluding hydrogens is 324 g/mol. The number of hydrogen-bond acceptors (Lipinski definition) is 4. The van der Waals surface area contributed by atoms with Crippen molar-refractivity contribution in [3.05, 3.63) is 28.8 Å². The zero-order valence-corrected chi connectivity index (χ0v) is 14.7. The molecule has 1 aliphatic rings. The lowest BCUT2D eigenvalue weighted by molar-refractivity contribution is 0.394. The summed E-state index contributed by atoms with van der Waals surface area (Å²) in [5.41, 5.74) is 1.01. The molecule has 0 bridgehead atoms. The number of nitrogens with one attached hydrogen (secondary N) is 1. The summed E-state index contributed by atoms with van der Waals surface area (Å²) in [6.07, 6.45) is 2.15. The van der Waals surface area contributed by atoms with Crippen LogP contribution in [0.5, 0.6) is 5.75 Å². The minimum atomic E-state index is -3.07. The van der Waals surface area contributed by atoms with E-state index in [0.717, 1.165) is 24.3 Å². The lowest BCUT2D eigenvalue weighted by atomic mass is 10.0. The van der Waals surface area contributed by atoms with Gasteiger partial charge in [0.1, 0.15) is 5.75 Å². The molecule has 1 aromatic rings. The Labute approximate surface area is 137 Å². The number of nitrogens with zero attached hydrogens (tertiary/aromatic N) is 1. The molecule has 0 unspecified atom stereocenters. The van der Waals surface area contributed by atoms with E-state index in [2.05, 4.69) is 12.2 Å². The molecule has 0 radical (unpaired) electrons. The highest BCUT2D eigenvalue weighted by molar-refractivity contribution is 7.88. The standard InChI is InChI=1S/C15H23ClN2O3S/c1-11(14-8-13(16)4-5-15(14)21-2)17-9-12-6-7-18(10-12)22(3,19)20/h4-5,8,11-12,17H,6-7,9-10H2,1-3H3/t11-,12+/m0/s1. The average molecular weight is 347 g/mol. The van der Waals surface area contributed by atoms with Crippen molar-refractivity contribution >= 4 is 21.6 Å². The fourth-order valence-electron chi connectivity index (χ4n) is 2.76. The van der Waals surface area contributed by atoms with E-state index in [-0.39, 0.29) is 6.04 Å². The van der Waals surface area contributed by atoms with Gasteiger partial charge in [-0.25, -0.2) is 12.7 Å². The highest BCUT2D eigenvalue weighted by Crippen LogP contribution is 2.28. The molecule has 7 heteroatoms. The van der Waals surface area contributed by atoms with E-state index in [1.54, 1.807) is 17.5 Å². The predicted octanol–water partition coefficient (Wildman–Crippen LogP) is 2.28. The van der Waals surface area contributed by atoms with E-state index in [4.69, 9.17) is 16.3 Å². The van der Waals surface area contributed by atoms with Crippen molar-refractivity contribution in [2.24, 2.45) is 5.92 Å². The molecule has 2 rings (SSSR count). The molecule has 22 heavy (non-hydrogen) atoms. The van der Waals surface area contributed by atoms with Gasteiger partial charge in [-0.2, -0.15) is 0 Å². The van der Waals surface area contributed by atoms with Gasteiger partial charge in [-0.3, -0.25) is 0 Å². The first-order chi connectivity index (χ1) is 10.3. The van der Waals surface area contributed by atoms with Crippen LogP contribution in [0.2, 0.25) is 5.02 Å². The van der Waals surface area contributed by atoms with E-state index in [1.165, 1.54) is 6.26 Å². The van der Waals surface area contributed by atoms with Crippen molar-refractivity contribution in [3.63, 3.8) is 0 Å². The van der Waals surface area contributed by atoms with Crippen molar-refractivity contribution in [1.29, 1.82) is 0 Å². The molecule has 124 valence electrons. The van der Waals surface area contributed by atoms with Crippen LogP contribution in [0.25, 0.3) is 0 Å². The average Bonchev–Trinajstić information content (AvgIpc) is 2.93. The predicted molar refractivity (Wildman–Crippen MR) is 88.9 cm³/mol. The molecule has 1 aliphatic heterocycles. The van der Waals surface area contributed by atoms with Gasteiger partial charge in [0.2, 0.25) is 10.0 Å². The molecular formula is C15H23ClN2O3S. The third-order valence-electron chi connectivity index (χ3n) is 4.09. The van der Waals surface area contributed by atoms with Crippen LogP contribution in [0.3, 0.4) is 0 Å². The third kappa shape index (κ3) is 4.35. The molecule has 0 saturated carbocycles. The summed E-state index contributed by atoms with van der Waals surface area (Å²) in [6.45, 7) is 4.02. The van der Waals surface area contributed by atoms with Gasteiger partial charge in [-0.1, -0.05) is 11.6 Å². The largest absolute Gasteiger partial charge is 0.496 e. The van der Waals surface area contributed by atoms with Crippen LogP contribution in [-0.4, -0.2) is 45.7 Å². The van der Waals surface area contributed by atoms with Crippen LogP contribution in [0.15, 0.2) is 18.2 Å². The second-order valence-corrected chi connectivity index (χ2v) is 8.21. The second-order valence-electron chi connectivity index (χ2n) is 5.79. The zero-order valence-electron chi connectivity index (χ0n) is 13.2. The second kappa shape index (κ2) is 7.17. The van der Waals surface area contributed by atoms with Crippen LogP contribution in [0.1, 0.15) is 24.9 Å². The summed E-state index contributed by atoms with van der Waals surface area (Å²) in [4.78, 5) is 0. The summed E-state index contributed by atoms with van der Waals surface area (Å²) >= 11 is 6.06. The van der Waals surface area contributed by atoms with Crippen molar-refractivity contribution in [2.45, 2.75) is 19.4 Å². The molecule has 1 saturated heterocycles. The van der Waals surface area contributed by atoms with E-state index in [0.29, 0.717) is 24.0 Å². The normalized spacial score (nSPS) is 21.0. The fraction of sp³-hybridized carbons (Fsp3) is 0.600. The SMILES string of the molecule is COc1ccc(Cl)cc1[C@H](C)NC[C@H]1CCN(S(C)(=O)=O)C1. The summed E-state index contributed by atoms with van der Waals surface area (Å²) in [7, 11) is -1.44. The minimum absolute atomic E-state index is 0.0842. The van der Waals surface area contributed by atoms with Gasteiger partial charge in [-0.15, -0.1) is 0 Å². The Morgan fingerprint density at radius 3 is 2.82 bits per heavy atom. The number of ether oxygens (including phenoxy) is 1. The molecule has 0 aliphatic carbocycles. The number of rotatable bonds is 6. The molecule has 0 aromatic heterocycles.